The summed E-state index contributed by atoms with van der Waals surface area (Å²) in [6, 6.07) is 45.5. The van der Waals surface area contributed by atoms with E-state index in [1.807, 2.05) is 125 Å². The van der Waals surface area contributed by atoms with Crippen LogP contribution in [0.25, 0.3) is 24.3 Å². The number of hydrogen-bond acceptors (Lipinski definition) is 28. The summed E-state index contributed by atoms with van der Waals surface area (Å²) in [4.78, 5) is 47.5. The molecule has 0 radical (unpaired) electrons. The molecule has 12 aromatic rings. The average molecular weight is 1660 g/mol. The van der Waals surface area contributed by atoms with Crippen molar-refractivity contribution in [2.24, 2.45) is 0 Å². The van der Waals surface area contributed by atoms with Crippen molar-refractivity contribution in [1.82, 2.24) is 59.8 Å². The van der Waals surface area contributed by atoms with Crippen LogP contribution in [0.2, 0.25) is 21.1 Å². The van der Waals surface area contributed by atoms with E-state index in [0.29, 0.717) is 0 Å². The summed E-state index contributed by atoms with van der Waals surface area (Å²) in [7, 11) is -19.3. The van der Waals surface area contributed by atoms with Gasteiger partial charge in [-0.2, -0.15) is 93.5 Å². The third kappa shape index (κ3) is 23.3. The molecule has 110 heavy (non-hydrogen) atoms. The maximum absolute atomic E-state index is 12.5. The molecule has 8 aromatic carbocycles. The molecule has 0 unspecified atom stereocenters. The monoisotopic (exact) mass is 1660 g/mol. The van der Waals surface area contributed by atoms with Gasteiger partial charge in [-0.1, -0.05) is 121 Å². The Labute approximate surface area is 696 Å². The molecule has 0 spiro atoms. The van der Waals surface area contributed by atoms with Gasteiger partial charge in [0.1, 0.15) is 19.6 Å². The van der Waals surface area contributed by atoms with Crippen LogP contribution in [-0.4, -0.2) is 112 Å². The number of benzene rings is 8. The molecule has 4 heterocycles. The van der Waals surface area contributed by atoms with Crippen LogP contribution >= 0.6 is 46.4 Å². The Balaban J connectivity index is 0.000000300. The van der Waals surface area contributed by atoms with Crippen molar-refractivity contribution in [2.75, 3.05) is 42.5 Å². The fraction of sp³-hybridized carbons (Fsp3) is 0.0588. The maximum atomic E-state index is 12.5. The van der Waals surface area contributed by atoms with E-state index >= 15 is 0 Å². The van der Waals surface area contributed by atoms with E-state index in [2.05, 4.69) is 102 Å². The molecule has 0 aliphatic heterocycles. The quantitative estimate of drug-likeness (QED) is 0.0152. The van der Waals surface area contributed by atoms with Crippen molar-refractivity contribution < 1.29 is 114 Å². The molecule has 552 valence electrons. The number of aromatic nitrogens is 12. The molecule has 32 nitrogen and oxygen atoms in total. The zero-order valence-electron chi connectivity index (χ0n) is 60.0. The molecular formula is C68H58Cl4N20Na2O12S4+4. The molecule has 12 N–H and O–H groups in total. The number of aryl methyl sites for hydroxylation is 4. The van der Waals surface area contributed by atoms with Crippen molar-refractivity contribution in [3.63, 3.8) is 0 Å². The van der Waals surface area contributed by atoms with Gasteiger partial charge in [-0.25, -0.2) is 0 Å². The number of nitrogens with zero attached hydrogens (tertiary/aromatic N) is 12. The largest absolute Gasteiger partial charge is 1.00 e. The first-order chi connectivity index (χ1) is 51.2. The molecule has 0 amide bonds. The van der Waals surface area contributed by atoms with E-state index in [-0.39, 0.29) is 176 Å². The van der Waals surface area contributed by atoms with E-state index < -0.39 is 60.1 Å². The number of anilines is 16. The fourth-order valence-electron chi connectivity index (χ4n) is 9.95. The Morgan fingerprint density at radius 1 is 0.273 bits per heavy atom. The van der Waals surface area contributed by atoms with Crippen LogP contribution in [0.4, 0.5) is 93.1 Å². The number of nitrogens with one attached hydrogen (secondary N) is 8. The fourth-order valence-corrected chi connectivity index (χ4v) is 13.4. The Bertz CT molecular complexity index is 5330. The van der Waals surface area contributed by atoms with Crippen LogP contribution in [-0.2, 0) is 40.5 Å². The van der Waals surface area contributed by atoms with E-state index in [9.17, 15) is 51.9 Å². The molecule has 4 aromatic heterocycles. The Hall–Kier alpha value is -9.52. The first-order valence-corrected chi connectivity index (χ1v) is 38.4. The zero-order chi connectivity index (χ0) is 77.2. The van der Waals surface area contributed by atoms with Gasteiger partial charge in [0.25, 0.3) is 40.5 Å². The molecule has 0 atom stereocenters. The summed E-state index contributed by atoms with van der Waals surface area (Å²) < 4.78 is 140. The molecule has 0 bridgehead atoms. The molecular weight excluding hydrogens is 1600 g/mol. The normalized spacial score (nSPS) is 11.5. The van der Waals surface area contributed by atoms with Gasteiger partial charge in [-0.05, 0) is 191 Å². The van der Waals surface area contributed by atoms with Gasteiger partial charge < -0.3 is 42.5 Å². The van der Waals surface area contributed by atoms with Gasteiger partial charge in [0.05, 0.1) is 0 Å². The number of rotatable bonds is 24. The second-order valence-electron chi connectivity index (χ2n) is 22.8. The van der Waals surface area contributed by atoms with Crippen LogP contribution in [0.3, 0.4) is 0 Å². The molecule has 0 aliphatic rings. The first kappa shape index (κ1) is 84.5. The Morgan fingerprint density at radius 3 is 0.618 bits per heavy atom. The third-order valence-corrected chi connectivity index (χ3v) is 19.4. The second-order valence-corrected chi connectivity index (χ2v) is 29.8. The topological polar surface area (TPSA) is 468 Å². The summed E-state index contributed by atoms with van der Waals surface area (Å²) in [6.45, 7) is 7.57. The summed E-state index contributed by atoms with van der Waals surface area (Å²) in [6.07, 6.45) is 5.01. The first-order valence-electron chi connectivity index (χ1n) is 31.1. The number of hydrogen-bond donors (Lipinski definition) is 12. The maximum Gasteiger partial charge on any atom is 1.00 e. The van der Waals surface area contributed by atoms with Crippen LogP contribution < -0.4 is 102 Å². The van der Waals surface area contributed by atoms with Crippen LogP contribution in [0.15, 0.2) is 189 Å². The minimum Gasteiger partial charge on any atom is -0.324 e. The van der Waals surface area contributed by atoms with Crippen molar-refractivity contribution in [1.29, 1.82) is 0 Å². The predicted octanol–water partition coefficient (Wildman–Crippen LogP) is 9.47. The van der Waals surface area contributed by atoms with E-state index in [4.69, 9.17) is 46.4 Å². The molecule has 0 fully saturated rings. The predicted molar refractivity (Wildman–Crippen MR) is 415 cm³/mol. The van der Waals surface area contributed by atoms with E-state index in [1.54, 1.807) is 0 Å². The van der Waals surface area contributed by atoms with Crippen LogP contribution in [0.5, 0.6) is 0 Å². The average Bonchev–Trinajstić information content (AvgIpc) is 0.804. The number of para-hydroxylation sites is 4. The van der Waals surface area contributed by atoms with Gasteiger partial charge in [-0.3, -0.25) is 18.2 Å². The van der Waals surface area contributed by atoms with Gasteiger partial charge in [0.15, 0.2) is 0 Å². The van der Waals surface area contributed by atoms with E-state index in [1.165, 1.54) is 72.8 Å². The summed E-state index contributed by atoms with van der Waals surface area (Å²) in [5.41, 5.74) is 7.18. The van der Waals surface area contributed by atoms with E-state index in [0.717, 1.165) is 69.3 Å². The van der Waals surface area contributed by atoms with Crippen molar-refractivity contribution in [2.45, 2.75) is 47.3 Å². The SMILES string of the molecule is Cc1ccccc1Nc1nc(Cl)nc(Nc2ccc(C=Cc3ccc(Nc4nc(Cl)nc(Nc5ccccc5C)n4)cc3S(=O)(=O)O)c(S(=O)(=O)O)c2)n1.Cc1ccccc1Nc1nc(Cl)nc(Nc2ccc(C=Cc3ccc(Nc4nc(Cl)nc(Nc5ccccc5C)n4)cc3S(=O)(=O)O)c(S(=O)(=O)O)c2)n1.[H+].[H+].[Na+].[Na+]. The second kappa shape index (κ2) is 36.5. The Morgan fingerprint density at radius 2 is 0.445 bits per heavy atom. The van der Waals surface area contributed by atoms with Gasteiger partial charge in [0.2, 0.25) is 68.7 Å². The standard InChI is InChI=1S/2C34H28Cl2N10O6S2.2Na/c2*1-19-7-3-5-9-25(19)39-33-43-29(35)41-31(45-33)37-23-15-13-21(27(17-23)53(47,48)49)11-12-22-14-16-24(18-28(22)54(50,51)52)38-32-42-30(36)44-34(46-32)40-26-10-6-4-8-20(26)2;;/h2*3-18H,1-2H3,(H,47,48,49)(H,50,51,52)(H2,37,39,41,43,45)(H2,38,40,42,44,46);;/q;;2*+1/p+2. The molecule has 12 rings (SSSR count). The summed E-state index contributed by atoms with van der Waals surface area (Å²) >= 11 is 24.5. The minimum absolute atomic E-state index is 0. The Kier molecular flexibility index (Phi) is 28.1. The smallest absolute Gasteiger partial charge is 0.324 e. The molecule has 42 heteroatoms. The van der Waals surface area contributed by atoms with Crippen LogP contribution in [0, 0.1) is 27.7 Å². The zero-order valence-corrected chi connectivity index (χ0v) is 68.3. The molecule has 0 aliphatic carbocycles. The minimum atomic E-state index is -4.82. The molecule has 0 saturated carbocycles. The van der Waals surface area contributed by atoms with Crippen molar-refractivity contribution >= 4 is 204 Å². The van der Waals surface area contributed by atoms with Crippen LogP contribution in [0.1, 0.15) is 47.4 Å². The summed E-state index contributed by atoms with van der Waals surface area (Å²) in [5.74, 6) is 0.369. The van der Waals surface area contributed by atoms with Gasteiger partial charge in [0, 0.05) is 45.5 Å². The van der Waals surface area contributed by atoms with Gasteiger partial charge in [-0.15, -0.1) is 0 Å². The molecule has 0 saturated heterocycles. The van der Waals surface area contributed by atoms with Gasteiger partial charge >= 0.3 is 62.0 Å². The third-order valence-electron chi connectivity index (χ3n) is 15.1. The number of halogens is 4. The summed E-state index contributed by atoms with van der Waals surface area (Å²) in [5, 5.41) is 23.0. The van der Waals surface area contributed by atoms with Crippen molar-refractivity contribution in [3.8, 4) is 0 Å². The van der Waals surface area contributed by atoms with Crippen molar-refractivity contribution in [3.05, 3.63) is 236 Å².